The number of amides is 4. The van der Waals surface area contributed by atoms with Gasteiger partial charge < -0.3 is 20.3 Å². The van der Waals surface area contributed by atoms with Crippen molar-refractivity contribution in [1.82, 2.24) is 25.3 Å². The molecule has 9 nitrogen and oxygen atoms in total. The van der Waals surface area contributed by atoms with Crippen LogP contribution in [0.4, 0.5) is 9.59 Å². The molecular formula is C24H35N5O4S. The van der Waals surface area contributed by atoms with E-state index in [-0.39, 0.29) is 30.8 Å². The van der Waals surface area contributed by atoms with Crippen molar-refractivity contribution in [2.75, 3.05) is 45.9 Å². The number of carbonyl (C=O) groups is 3. The Morgan fingerprint density at radius 2 is 2.00 bits per heavy atom. The number of hydrogen-bond acceptors (Lipinski definition) is 6. The summed E-state index contributed by atoms with van der Waals surface area (Å²) in [5.41, 5.74) is 1.60. The molecule has 1 atom stereocenters. The molecule has 0 bridgehead atoms. The monoisotopic (exact) mass is 489 g/mol. The van der Waals surface area contributed by atoms with Crippen LogP contribution in [0.1, 0.15) is 39.3 Å². The highest BCUT2D eigenvalue weighted by molar-refractivity contribution is 7.08. The minimum absolute atomic E-state index is 0.0820. The molecule has 1 saturated heterocycles. The van der Waals surface area contributed by atoms with Gasteiger partial charge in [-0.05, 0) is 50.1 Å². The van der Waals surface area contributed by atoms with Gasteiger partial charge in [0, 0.05) is 50.5 Å². The van der Waals surface area contributed by atoms with Gasteiger partial charge in [-0.1, -0.05) is 6.08 Å². The van der Waals surface area contributed by atoms with E-state index in [9.17, 15) is 14.4 Å². The molecule has 1 aromatic heterocycles. The first-order valence-corrected chi connectivity index (χ1v) is 12.5. The summed E-state index contributed by atoms with van der Waals surface area (Å²) in [6.07, 6.45) is 1.64. The van der Waals surface area contributed by atoms with E-state index in [1.54, 1.807) is 22.8 Å². The van der Waals surface area contributed by atoms with E-state index in [1.807, 2.05) is 37.6 Å². The van der Waals surface area contributed by atoms with E-state index in [0.29, 0.717) is 44.0 Å². The maximum Gasteiger partial charge on any atom is 0.338 e. The Labute approximate surface area is 205 Å². The van der Waals surface area contributed by atoms with Gasteiger partial charge >= 0.3 is 18.0 Å². The molecule has 3 rings (SSSR count). The minimum atomic E-state index is -0.576. The van der Waals surface area contributed by atoms with Gasteiger partial charge in [0.1, 0.15) is 0 Å². The van der Waals surface area contributed by atoms with Crippen LogP contribution < -0.4 is 10.6 Å². The third kappa shape index (κ3) is 6.18. The molecular weight excluding hydrogens is 454 g/mol. The zero-order valence-corrected chi connectivity index (χ0v) is 21.2. The number of esters is 1. The van der Waals surface area contributed by atoms with E-state index in [4.69, 9.17) is 4.74 Å². The van der Waals surface area contributed by atoms with Gasteiger partial charge in [0.15, 0.2) is 0 Å². The fourth-order valence-corrected chi connectivity index (χ4v) is 4.74. The van der Waals surface area contributed by atoms with Crippen molar-refractivity contribution in [2.24, 2.45) is 0 Å². The summed E-state index contributed by atoms with van der Waals surface area (Å²) in [6.45, 7) is 14.7. The van der Waals surface area contributed by atoms with Gasteiger partial charge in [-0.2, -0.15) is 11.3 Å². The summed E-state index contributed by atoms with van der Waals surface area (Å²) in [4.78, 5) is 44.2. The summed E-state index contributed by atoms with van der Waals surface area (Å²) in [5.74, 6) is -0.439. The van der Waals surface area contributed by atoms with Crippen molar-refractivity contribution >= 4 is 29.4 Å². The van der Waals surface area contributed by atoms with Crippen LogP contribution in [0.5, 0.6) is 0 Å². The van der Waals surface area contributed by atoms with Crippen LogP contribution in [-0.2, 0) is 9.53 Å². The first-order chi connectivity index (χ1) is 16.1. The number of piperazine rings is 1. The lowest BCUT2D eigenvalue weighted by Crippen LogP contribution is -2.56. The second-order valence-electron chi connectivity index (χ2n) is 9.36. The van der Waals surface area contributed by atoms with Crippen molar-refractivity contribution in [1.29, 1.82) is 0 Å². The second kappa shape index (κ2) is 11.1. The van der Waals surface area contributed by atoms with E-state index in [0.717, 1.165) is 5.56 Å². The van der Waals surface area contributed by atoms with Crippen molar-refractivity contribution in [2.45, 2.75) is 39.3 Å². The number of thiophene rings is 1. The summed E-state index contributed by atoms with van der Waals surface area (Å²) in [5, 5.41) is 9.81. The Bertz CT molecular complexity index is 930. The Morgan fingerprint density at radius 1 is 1.29 bits per heavy atom. The normalized spacial score (nSPS) is 19.6. The molecule has 4 amide bonds. The van der Waals surface area contributed by atoms with Gasteiger partial charge in [0.2, 0.25) is 0 Å². The highest BCUT2D eigenvalue weighted by Crippen LogP contribution is 2.33. The lowest BCUT2D eigenvalue weighted by molar-refractivity contribution is -0.139. The molecule has 1 unspecified atom stereocenters. The van der Waals surface area contributed by atoms with E-state index < -0.39 is 12.0 Å². The van der Waals surface area contributed by atoms with Crippen LogP contribution in [0, 0.1) is 0 Å². The standard InChI is InChI=1S/C24H35N5O4S/c1-6-9-29-18(15-27-10-12-28(13-11-27)23(32)26-24(3,4)5)19(21(30)33-7-2)20(25-22(29)31)17-8-14-34-16-17/h6,8,14,16,20H,1,7,9-13,15H2,2-5H3,(H,25,31)(H,26,32). The predicted octanol–water partition coefficient (Wildman–Crippen LogP) is 2.94. The zero-order chi connectivity index (χ0) is 24.9. The molecule has 0 aliphatic carbocycles. The summed E-state index contributed by atoms with van der Waals surface area (Å²) < 4.78 is 5.41. The largest absolute Gasteiger partial charge is 0.463 e. The molecule has 10 heteroatoms. The second-order valence-corrected chi connectivity index (χ2v) is 10.1. The van der Waals surface area contributed by atoms with Gasteiger partial charge in [-0.15, -0.1) is 6.58 Å². The molecule has 2 aliphatic heterocycles. The molecule has 2 N–H and O–H groups in total. The average Bonchev–Trinajstić information content (AvgIpc) is 3.30. The van der Waals surface area contributed by atoms with Gasteiger partial charge in [0.25, 0.3) is 0 Å². The first kappa shape index (κ1) is 25.8. The van der Waals surface area contributed by atoms with Crippen molar-refractivity contribution < 1.29 is 19.1 Å². The highest BCUT2D eigenvalue weighted by atomic mass is 32.1. The maximum atomic E-state index is 13.1. The molecule has 2 aliphatic rings. The summed E-state index contributed by atoms with van der Waals surface area (Å²) in [6, 6.07) is 0.971. The topological polar surface area (TPSA) is 94.2 Å². The van der Waals surface area contributed by atoms with Crippen molar-refractivity contribution in [3.8, 4) is 0 Å². The van der Waals surface area contributed by atoms with Crippen LogP contribution in [0.25, 0.3) is 0 Å². The van der Waals surface area contributed by atoms with Crippen LogP contribution in [0.2, 0.25) is 0 Å². The number of hydrogen-bond donors (Lipinski definition) is 2. The Hall–Kier alpha value is -2.85. The van der Waals surface area contributed by atoms with Crippen molar-refractivity contribution in [3.63, 3.8) is 0 Å². The molecule has 0 spiro atoms. The van der Waals surface area contributed by atoms with E-state index >= 15 is 0 Å². The molecule has 1 fully saturated rings. The summed E-state index contributed by atoms with van der Waals surface area (Å²) >= 11 is 1.51. The third-order valence-electron chi connectivity index (χ3n) is 5.64. The van der Waals surface area contributed by atoms with Gasteiger partial charge in [-0.25, -0.2) is 14.4 Å². The highest BCUT2D eigenvalue weighted by Gasteiger charge is 2.39. The SMILES string of the molecule is C=CCN1C(=O)NC(c2ccsc2)C(C(=O)OCC)=C1CN1CCN(C(=O)NC(C)(C)C)CC1. The molecule has 186 valence electrons. The lowest BCUT2D eigenvalue weighted by atomic mass is 9.96. The molecule has 1 aromatic rings. The number of urea groups is 2. The molecule has 0 aromatic carbocycles. The van der Waals surface area contributed by atoms with Crippen LogP contribution in [0.3, 0.4) is 0 Å². The number of nitrogens with one attached hydrogen (secondary N) is 2. The Kier molecular flexibility index (Phi) is 8.37. The third-order valence-corrected chi connectivity index (χ3v) is 6.34. The van der Waals surface area contributed by atoms with Crippen LogP contribution in [0.15, 0.2) is 40.8 Å². The molecule has 34 heavy (non-hydrogen) atoms. The molecule has 3 heterocycles. The Morgan fingerprint density at radius 3 is 2.56 bits per heavy atom. The van der Waals surface area contributed by atoms with Crippen LogP contribution in [-0.4, -0.2) is 84.1 Å². The fourth-order valence-electron chi connectivity index (χ4n) is 4.06. The first-order valence-electron chi connectivity index (χ1n) is 11.5. The summed E-state index contributed by atoms with van der Waals surface area (Å²) in [7, 11) is 0. The number of carbonyl (C=O) groups excluding carboxylic acids is 3. The number of ether oxygens (including phenoxy) is 1. The van der Waals surface area contributed by atoms with E-state index in [1.165, 1.54) is 11.3 Å². The van der Waals surface area contributed by atoms with Crippen LogP contribution >= 0.6 is 11.3 Å². The molecule has 0 radical (unpaired) electrons. The maximum absolute atomic E-state index is 13.1. The quantitative estimate of drug-likeness (QED) is 0.454. The fraction of sp³-hybridized carbons (Fsp3) is 0.542. The predicted molar refractivity (Wildman–Crippen MR) is 132 cm³/mol. The Balaban J connectivity index is 1.87. The average molecular weight is 490 g/mol. The lowest BCUT2D eigenvalue weighted by Gasteiger charge is -2.40. The minimum Gasteiger partial charge on any atom is -0.463 e. The molecule has 0 saturated carbocycles. The van der Waals surface area contributed by atoms with Crippen molar-refractivity contribution in [3.05, 3.63) is 46.3 Å². The van der Waals surface area contributed by atoms with E-state index in [2.05, 4.69) is 22.1 Å². The zero-order valence-electron chi connectivity index (χ0n) is 20.4. The van der Waals surface area contributed by atoms with Gasteiger partial charge in [0.05, 0.1) is 18.2 Å². The number of rotatable bonds is 7. The number of nitrogens with zero attached hydrogens (tertiary/aromatic N) is 3. The smallest absolute Gasteiger partial charge is 0.338 e. The van der Waals surface area contributed by atoms with Gasteiger partial charge in [-0.3, -0.25) is 9.80 Å².